The minimum absolute atomic E-state index is 0.136. The smallest absolute Gasteiger partial charge is 0.259 e. The summed E-state index contributed by atoms with van der Waals surface area (Å²) in [5, 5.41) is 2.63. The molecule has 0 spiro atoms. The molecule has 1 aromatic carbocycles. The van der Waals surface area contributed by atoms with Crippen LogP contribution in [0.15, 0.2) is 24.3 Å². The van der Waals surface area contributed by atoms with Crippen molar-refractivity contribution in [3.8, 4) is 0 Å². The van der Waals surface area contributed by atoms with Gasteiger partial charge in [0.1, 0.15) is 0 Å². The Morgan fingerprint density at radius 3 is 2.67 bits per heavy atom. The van der Waals surface area contributed by atoms with Crippen molar-refractivity contribution in [1.29, 1.82) is 0 Å². The lowest BCUT2D eigenvalue weighted by atomic mass is 10.1. The van der Waals surface area contributed by atoms with Crippen molar-refractivity contribution in [2.75, 3.05) is 19.6 Å². The fourth-order valence-corrected chi connectivity index (χ4v) is 2.04. The first-order valence-corrected chi connectivity index (χ1v) is 6.00. The Kier molecular flexibility index (Phi) is 3.96. The Morgan fingerprint density at radius 2 is 2.06 bits per heavy atom. The minimum atomic E-state index is -0.476. The van der Waals surface area contributed by atoms with E-state index < -0.39 is 5.91 Å². The molecule has 0 aromatic heterocycles. The van der Waals surface area contributed by atoms with Crippen LogP contribution in [0.5, 0.6) is 0 Å². The quantitative estimate of drug-likeness (QED) is 0.823. The Bertz CT molecular complexity index is 472. The Morgan fingerprint density at radius 1 is 1.39 bits per heavy atom. The van der Waals surface area contributed by atoms with Gasteiger partial charge in [-0.25, -0.2) is 0 Å². The topological polar surface area (TPSA) is 75.4 Å². The van der Waals surface area contributed by atoms with E-state index in [-0.39, 0.29) is 18.5 Å². The fourth-order valence-electron chi connectivity index (χ4n) is 1.82. The van der Waals surface area contributed by atoms with Gasteiger partial charge in [-0.15, -0.1) is 0 Å². The number of hydrogen-bond acceptors (Lipinski definition) is 4. The molecule has 0 unspecified atom stereocenters. The highest BCUT2D eigenvalue weighted by Crippen LogP contribution is 2.14. The lowest BCUT2D eigenvalue weighted by Crippen LogP contribution is -2.58. The summed E-state index contributed by atoms with van der Waals surface area (Å²) >= 11 is 5.87. The molecule has 6 heteroatoms. The Labute approximate surface area is 110 Å². The van der Waals surface area contributed by atoms with Gasteiger partial charge in [-0.05, 0) is 12.1 Å². The summed E-state index contributed by atoms with van der Waals surface area (Å²) in [7, 11) is 0. The molecule has 96 valence electrons. The van der Waals surface area contributed by atoms with E-state index in [1.807, 2.05) is 4.90 Å². The van der Waals surface area contributed by atoms with Gasteiger partial charge in [-0.1, -0.05) is 23.7 Å². The van der Waals surface area contributed by atoms with Gasteiger partial charge in [0, 0.05) is 19.1 Å². The number of nitrogens with one attached hydrogen (secondary N) is 1. The first-order valence-electron chi connectivity index (χ1n) is 5.63. The van der Waals surface area contributed by atoms with Gasteiger partial charge in [0.2, 0.25) is 5.91 Å². The van der Waals surface area contributed by atoms with E-state index in [4.69, 9.17) is 17.3 Å². The summed E-state index contributed by atoms with van der Waals surface area (Å²) in [4.78, 5) is 25.2. The number of imide groups is 1. The van der Waals surface area contributed by atoms with Gasteiger partial charge < -0.3 is 5.73 Å². The standard InChI is InChI=1S/C12H14ClN3O2/c13-10-4-2-1-3-9(10)12(18)15-11(17)7-16-5-8(14)6-16/h1-4,8H,5-7,14H2,(H,15,17,18). The van der Waals surface area contributed by atoms with Gasteiger partial charge in [0.25, 0.3) is 5.91 Å². The van der Waals surface area contributed by atoms with Crippen molar-refractivity contribution in [2.45, 2.75) is 6.04 Å². The molecule has 1 saturated heterocycles. The summed E-state index contributed by atoms with van der Waals surface area (Å²) in [6.07, 6.45) is 0. The van der Waals surface area contributed by atoms with Crippen molar-refractivity contribution in [3.63, 3.8) is 0 Å². The maximum Gasteiger partial charge on any atom is 0.259 e. The second kappa shape index (κ2) is 5.48. The molecule has 1 heterocycles. The van der Waals surface area contributed by atoms with Gasteiger partial charge in [-0.2, -0.15) is 0 Å². The number of nitrogens with zero attached hydrogens (tertiary/aromatic N) is 1. The maximum atomic E-state index is 11.8. The number of rotatable bonds is 3. The fraction of sp³-hybridized carbons (Fsp3) is 0.333. The predicted molar refractivity (Wildman–Crippen MR) is 68.3 cm³/mol. The van der Waals surface area contributed by atoms with Crippen molar-refractivity contribution >= 4 is 23.4 Å². The van der Waals surface area contributed by atoms with Crippen LogP contribution in [-0.4, -0.2) is 42.4 Å². The van der Waals surface area contributed by atoms with Crippen molar-refractivity contribution in [1.82, 2.24) is 10.2 Å². The third-order valence-corrected chi connectivity index (χ3v) is 3.05. The Hall–Kier alpha value is -1.43. The summed E-state index contributed by atoms with van der Waals surface area (Å²) in [6, 6.07) is 6.74. The summed E-state index contributed by atoms with van der Waals surface area (Å²) in [5.74, 6) is -0.817. The second-order valence-electron chi connectivity index (χ2n) is 4.31. The number of nitrogens with two attached hydrogens (primary N) is 1. The molecule has 2 amide bonds. The number of carbonyl (C=O) groups excluding carboxylic acids is 2. The van der Waals surface area contributed by atoms with Crippen molar-refractivity contribution < 1.29 is 9.59 Å². The van der Waals surface area contributed by atoms with E-state index in [9.17, 15) is 9.59 Å². The van der Waals surface area contributed by atoms with E-state index in [0.29, 0.717) is 23.7 Å². The molecule has 5 nitrogen and oxygen atoms in total. The van der Waals surface area contributed by atoms with E-state index in [0.717, 1.165) is 0 Å². The molecule has 1 aliphatic heterocycles. The minimum Gasteiger partial charge on any atom is -0.325 e. The van der Waals surface area contributed by atoms with Crippen LogP contribution in [0.25, 0.3) is 0 Å². The van der Waals surface area contributed by atoms with Crippen LogP contribution in [0.3, 0.4) is 0 Å². The van der Waals surface area contributed by atoms with E-state index in [1.54, 1.807) is 24.3 Å². The summed E-state index contributed by atoms with van der Waals surface area (Å²) in [6.45, 7) is 1.56. The average molecular weight is 268 g/mol. The predicted octanol–water partition coefficient (Wildman–Crippen LogP) is 0.239. The zero-order valence-electron chi connectivity index (χ0n) is 9.73. The van der Waals surface area contributed by atoms with Crippen LogP contribution in [0.1, 0.15) is 10.4 Å². The lowest BCUT2D eigenvalue weighted by Gasteiger charge is -2.35. The van der Waals surface area contributed by atoms with Crippen LogP contribution >= 0.6 is 11.6 Å². The van der Waals surface area contributed by atoms with Crippen LogP contribution < -0.4 is 11.1 Å². The molecule has 0 radical (unpaired) electrons. The van der Waals surface area contributed by atoms with Gasteiger partial charge in [0.15, 0.2) is 0 Å². The summed E-state index contributed by atoms with van der Waals surface area (Å²) in [5.41, 5.74) is 5.90. The molecule has 1 aliphatic rings. The first kappa shape index (κ1) is 13.0. The van der Waals surface area contributed by atoms with Crippen molar-refractivity contribution in [3.05, 3.63) is 34.9 Å². The zero-order valence-corrected chi connectivity index (χ0v) is 10.5. The highest BCUT2D eigenvalue weighted by Gasteiger charge is 2.25. The van der Waals surface area contributed by atoms with Gasteiger partial charge in [-0.3, -0.25) is 19.8 Å². The summed E-state index contributed by atoms with van der Waals surface area (Å²) < 4.78 is 0. The molecule has 2 rings (SSSR count). The van der Waals surface area contributed by atoms with Crippen molar-refractivity contribution in [2.24, 2.45) is 5.73 Å². The third-order valence-electron chi connectivity index (χ3n) is 2.72. The number of carbonyl (C=O) groups is 2. The van der Waals surface area contributed by atoms with E-state index >= 15 is 0 Å². The van der Waals surface area contributed by atoms with E-state index in [1.165, 1.54) is 0 Å². The van der Waals surface area contributed by atoms with Gasteiger partial charge in [0.05, 0.1) is 17.1 Å². The van der Waals surface area contributed by atoms with Crippen LogP contribution in [0, 0.1) is 0 Å². The van der Waals surface area contributed by atoms with E-state index in [2.05, 4.69) is 5.32 Å². The number of halogens is 1. The molecule has 1 fully saturated rings. The molecule has 0 atom stereocenters. The number of benzene rings is 1. The van der Waals surface area contributed by atoms with Crippen LogP contribution in [0.4, 0.5) is 0 Å². The molecule has 1 aromatic rings. The maximum absolute atomic E-state index is 11.8. The normalized spacial score (nSPS) is 16.1. The molecular weight excluding hydrogens is 254 g/mol. The monoisotopic (exact) mass is 267 g/mol. The highest BCUT2D eigenvalue weighted by molar-refractivity contribution is 6.34. The van der Waals surface area contributed by atoms with Gasteiger partial charge >= 0.3 is 0 Å². The molecular formula is C12H14ClN3O2. The third kappa shape index (κ3) is 3.07. The number of likely N-dealkylation sites (tertiary alicyclic amines) is 1. The SMILES string of the molecule is NC1CN(CC(=O)NC(=O)c2ccccc2Cl)C1. The van der Waals surface area contributed by atoms with Crippen LogP contribution in [0.2, 0.25) is 5.02 Å². The average Bonchev–Trinajstić information content (AvgIpc) is 2.27. The number of amides is 2. The lowest BCUT2D eigenvalue weighted by molar-refractivity contribution is -0.122. The number of hydrogen-bond donors (Lipinski definition) is 2. The Balaban J connectivity index is 1.87. The zero-order chi connectivity index (χ0) is 13.1. The largest absolute Gasteiger partial charge is 0.325 e. The molecule has 3 N–H and O–H groups in total. The molecule has 0 aliphatic carbocycles. The molecule has 0 bridgehead atoms. The highest BCUT2D eigenvalue weighted by atomic mass is 35.5. The second-order valence-corrected chi connectivity index (χ2v) is 4.72. The molecule has 0 saturated carbocycles. The first-order chi connectivity index (χ1) is 8.56. The van der Waals surface area contributed by atoms with Crippen LogP contribution in [-0.2, 0) is 4.79 Å². The molecule has 18 heavy (non-hydrogen) atoms.